The van der Waals surface area contributed by atoms with Crippen molar-refractivity contribution >= 4 is 23.4 Å². The zero-order chi connectivity index (χ0) is 11.5. The fraction of sp³-hybridized carbons (Fsp3) is 0.100. The highest BCUT2D eigenvalue weighted by atomic mass is 16.3. The fourth-order valence-electron chi connectivity index (χ4n) is 1.23. The summed E-state index contributed by atoms with van der Waals surface area (Å²) >= 11 is 0. The second-order valence-electron chi connectivity index (χ2n) is 3.26. The summed E-state index contributed by atoms with van der Waals surface area (Å²) in [6, 6.07) is 6.86. The molecule has 0 aromatic heterocycles. The highest BCUT2D eigenvalue weighted by molar-refractivity contribution is 6.63. The van der Waals surface area contributed by atoms with Crippen molar-refractivity contribution in [1.29, 1.82) is 0 Å². The van der Waals surface area contributed by atoms with Crippen molar-refractivity contribution in [3.05, 3.63) is 29.8 Å². The number of hydrogen-bond acceptors (Lipinski definition) is 6. The minimum Gasteiger partial charge on any atom is -0.380 e. The highest BCUT2D eigenvalue weighted by Gasteiger charge is 2.07. The molecule has 82 valence electrons. The van der Waals surface area contributed by atoms with E-state index >= 15 is 0 Å². The Kier molecular flexibility index (Phi) is 2.76. The van der Waals surface area contributed by atoms with Crippen LogP contribution in [0, 0.1) is 0 Å². The van der Waals surface area contributed by atoms with Gasteiger partial charge in [0.25, 0.3) is 0 Å². The van der Waals surface area contributed by atoms with Crippen molar-refractivity contribution in [3.63, 3.8) is 0 Å². The van der Waals surface area contributed by atoms with Gasteiger partial charge in [0.1, 0.15) is 11.9 Å². The van der Waals surface area contributed by atoms with E-state index in [0.717, 1.165) is 0 Å². The van der Waals surface area contributed by atoms with Crippen LogP contribution >= 0.6 is 0 Å². The van der Waals surface area contributed by atoms with E-state index in [2.05, 4.69) is 15.2 Å². The van der Waals surface area contributed by atoms with Gasteiger partial charge in [0.2, 0.25) is 0 Å². The number of amidine groups is 1. The third-order valence-corrected chi connectivity index (χ3v) is 2.09. The largest absolute Gasteiger partial charge is 0.380 e. The Bertz CT molecular complexity index is 472. The molecule has 1 aliphatic rings. The Morgan fingerprint density at radius 3 is 2.44 bits per heavy atom. The van der Waals surface area contributed by atoms with E-state index in [1.54, 1.807) is 24.3 Å². The third kappa shape index (κ3) is 2.13. The van der Waals surface area contributed by atoms with Gasteiger partial charge in [-0.15, -0.1) is 5.10 Å². The molecule has 6 heteroatoms. The Hall–Kier alpha value is -2.05. The van der Waals surface area contributed by atoms with Crippen molar-refractivity contribution in [2.45, 2.75) is 6.23 Å². The molecule has 1 aromatic rings. The zero-order valence-electron chi connectivity index (χ0n) is 8.41. The van der Waals surface area contributed by atoms with Crippen LogP contribution in [0.3, 0.4) is 0 Å². The van der Waals surface area contributed by atoms with Crippen molar-refractivity contribution in [2.75, 3.05) is 0 Å². The molecule has 1 heterocycles. The van der Waals surface area contributed by atoms with Crippen LogP contribution in [-0.2, 0) is 0 Å². The normalized spacial score (nSPS) is 18.9. The molecule has 2 rings (SSSR count). The number of rotatable bonds is 2. The van der Waals surface area contributed by atoms with Crippen molar-refractivity contribution in [3.8, 4) is 0 Å². The fourth-order valence-corrected chi connectivity index (χ4v) is 1.23. The highest BCUT2D eigenvalue weighted by Crippen LogP contribution is 2.16. The predicted octanol–water partition coefficient (Wildman–Crippen LogP) is 0.0653. The summed E-state index contributed by atoms with van der Waals surface area (Å²) < 4.78 is 0. The van der Waals surface area contributed by atoms with Crippen molar-refractivity contribution in [1.82, 2.24) is 0 Å². The number of nitrogens with zero attached hydrogens (tertiary/aromatic N) is 3. The second-order valence-corrected chi connectivity index (χ2v) is 3.26. The Morgan fingerprint density at radius 1 is 1.25 bits per heavy atom. The average molecular weight is 217 g/mol. The number of hydrogen-bond donors (Lipinski definition) is 3. The van der Waals surface area contributed by atoms with E-state index in [0.29, 0.717) is 22.8 Å². The molecule has 0 radical (unpaired) electrons. The van der Waals surface area contributed by atoms with Gasteiger partial charge in [0, 0.05) is 0 Å². The maximum atomic E-state index is 9.12. The Balaban J connectivity index is 2.23. The van der Waals surface area contributed by atoms with E-state index in [9.17, 15) is 0 Å². The monoisotopic (exact) mass is 217 g/mol. The van der Waals surface area contributed by atoms with Crippen LogP contribution in [0.4, 0.5) is 5.69 Å². The van der Waals surface area contributed by atoms with Gasteiger partial charge < -0.3 is 16.6 Å². The van der Waals surface area contributed by atoms with Crippen molar-refractivity contribution in [2.24, 2.45) is 26.7 Å². The number of aliphatic hydroxyl groups excluding tert-OH is 1. The Morgan fingerprint density at radius 2 is 1.94 bits per heavy atom. The molecular formula is C10H11N5O. The molecule has 16 heavy (non-hydrogen) atoms. The third-order valence-electron chi connectivity index (χ3n) is 2.09. The van der Waals surface area contributed by atoms with Gasteiger partial charge in [-0.2, -0.15) is 5.10 Å². The molecule has 1 atom stereocenters. The minimum atomic E-state index is -0.971. The van der Waals surface area contributed by atoms with E-state index in [-0.39, 0.29) is 0 Å². The first-order chi connectivity index (χ1) is 7.66. The molecule has 0 saturated carbocycles. The molecule has 0 amide bonds. The molecule has 0 aliphatic carbocycles. The number of aliphatic hydroxyl groups is 1. The molecule has 1 unspecified atom stereocenters. The lowest BCUT2D eigenvalue weighted by Gasteiger charge is -2.04. The molecule has 6 nitrogen and oxygen atoms in total. The topological polar surface area (TPSA) is 109 Å². The van der Waals surface area contributed by atoms with Crippen LogP contribution in [-0.4, -0.2) is 22.9 Å². The number of nitrogens with two attached hydrogens (primary N) is 2. The van der Waals surface area contributed by atoms with E-state index < -0.39 is 6.23 Å². The van der Waals surface area contributed by atoms with Crippen LogP contribution < -0.4 is 11.5 Å². The first-order valence-electron chi connectivity index (χ1n) is 4.66. The van der Waals surface area contributed by atoms with Crippen LogP contribution in [0.25, 0.3) is 0 Å². The van der Waals surface area contributed by atoms with Crippen molar-refractivity contribution < 1.29 is 5.11 Å². The van der Waals surface area contributed by atoms with Gasteiger partial charge in [-0.3, -0.25) is 0 Å². The summed E-state index contributed by atoms with van der Waals surface area (Å²) in [4.78, 5) is 4.23. The molecule has 0 saturated heterocycles. The number of benzene rings is 1. The molecule has 5 N–H and O–H groups in total. The summed E-state index contributed by atoms with van der Waals surface area (Å²) in [5.41, 5.74) is 12.7. The van der Waals surface area contributed by atoms with Gasteiger partial charge in [-0.25, -0.2) is 4.99 Å². The summed E-state index contributed by atoms with van der Waals surface area (Å²) in [5, 5.41) is 16.4. The van der Waals surface area contributed by atoms with Gasteiger partial charge in [-0.05, 0) is 17.7 Å². The molecule has 0 spiro atoms. The minimum absolute atomic E-state index is 0.294. The lowest BCUT2D eigenvalue weighted by molar-refractivity contribution is 0.186. The molecule has 0 fully saturated rings. The average Bonchev–Trinajstić information content (AvgIpc) is 2.65. The standard InChI is InChI=1S/C10H11N5O/c11-9-8(5-13-15-9)14-7-3-1-6(2-4-7)10(12)16/h1-5,10,16H,12H2,(H2,11,14,15). The first kappa shape index (κ1) is 10.5. The molecule has 0 bridgehead atoms. The number of aliphatic imine (C=N–C) groups is 1. The van der Waals surface area contributed by atoms with E-state index in [1.807, 2.05) is 0 Å². The smallest absolute Gasteiger partial charge is 0.173 e. The quantitative estimate of drug-likeness (QED) is 0.609. The summed E-state index contributed by atoms with van der Waals surface area (Å²) in [6.45, 7) is 0. The first-order valence-corrected chi connectivity index (χ1v) is 4.66. The van der Waals surface area contributed by atoms with Crippen LogP contribution in [0.15, 0.2) is 39.5 Å². The molecule has 1 aromatic carbocycles. The van der Waals surface area contributed by atoms with Gasteiger partial charge in [0.15, 0.2) is 5.84 Å². The van der Waals surface area contributed by atoms with Gasteiger partial charge in [-0.1, -0.05) is 12.1 Å². The molecular weight excluding hydrogens is 206 g/mol. The lowest BCUT2D eigenvalue weighted by Crippen LogP contribution is -2.20. The van der Waals surface area contributed by atoms with Gasteiger partial charge in [0.05, 0.1) is 11.9 Å². The van der Waals surface area contributed by atoms with E-state index in [1.165, 1.54) is 6.21 Å². The Labute approximate surface area is 92.0 Å². The predicted molar refractivity (Wildman–Crippen MR) is 62.8 cm³/mol. The summed E-state index contributed by atoms with van der Waals surface area (Å²) in [6.07, 6.45) is 0.516. The maximum absolute atomic E-state index is 9.12. The van der Waals surface area contributed by atoms with Gasteiger partial charge >= 0.3 is 0 Å². The van der Waals surface area contributed by atoms with Crippen LogP contribution in [0.5, 0.6) is 0 Å². The SMILES string of the molecule is NC1=NN=CC1=Nc1ccc(C(N)O)cc1. The van der Waals surface area contributed by atoms with E-state index in [4.69, 9.17) is 16.6 Å². The lowest BCUT2D eigenvalue weighted by atomic mass is 10.2. The van der Waals surface area contributed by atoms with Crippen LogP contribution in [0.1, 0.15) is 11.8 Å². The summed E-state index contributed by atoms with van der Waals surface area (Å²) in [5.74, 6) is 0.294. The molecule has 1 aliphatic heterocycles. The second kappa shape index (κ2) is 4.21. The summed E-state index contributed by atoms with van der Waals surface area (Å²) in [7, 11) is 0. The maximum Gasteiger partial charge on any atom is 0.173 e. The zero-order valence-corrected chi connectivity index (χ0v) is 8.41. The van der Waals surface area contributed by atoms with Crippen LogP contribution in [0.2, 0.25) is 0 Å².